The molecule has 1 aromatic heterocycles. The van der Waals surface area contributed by atoms with E-state index >= 15 is 0 Å². The van der Waals surface area contributed by atoms with Crippen LogP contribution in [0.4, 0.5) is 5.82 Å². The first-order chi connectivity index (χ1) is 15.5. The Bertz CT molecular complexity index is 1030. The number of aliphatic hydroxyl groups excluding tert-OH is 1. The van der Waals surface area contributed by atoms with Crippen molar-refractivity contribution < 1.29 is 9.90 Å². The van der Waals surface area contributed by atoms with Gasteiger partial charge in [-0.3, -0.25) is 10.2 Å². The summed E-state index contributed by atoms with van der Waals surface area (Å²) in [5.74, 6) is 0.788. The summed E-state index contributed by atoms with van der Waals surface area (Å²) in [4.78, 5) is 20.1. The molecule has 2 atom stereocenters. The zero-order chi connectivity index (χ0) is 22.2. The Labute approximate surface area is 189 Å². The van der Waals surface area contributed by atoms with Crippen molar-refractivity contribution in [2.45, 2.75) is 70.1 Å². The second-order valence-electron chi connectivity index (χ2n) is 9.75. The first kappa shape index (κ1) is 21.3. The number of aromatic nitrogens is 1. The highest BCUT2D eigenvalue weighted by Gasteiger charge is 2.33. The largest absolute Gasteiger partial charge is 0.390 e. The Hall–Kier alpha value is -2.51. The number of carbonyl (C=O) groups excluding carboxylic acids is 1. The number of aryl methyl sites for hydroxylation is 1. The number of fused-ring (bicyclic) bond motifs is 1. The zero-order valence-corrected chi connectivity index (χ0v) is 18.7. The van der Waals surface area contributed by atoms with E-state index in [4.69, 9.17) is 10.4 Å². The van der Waals surface area contributed by atoms with Crippen LogP contribution in [0.25, 0.3) is 10.9 Å². The molecule has 0 unspecified atom stereocenters. The van der Waals surface area contributed by atoms with Crippen molar-refractivity contribution in [3.63, 3.8) is 0 Å². The third-order valence-electron chi connectivity index (χ3n) is 7.11. The van der Waals surface area contributed by atoms with Gasteiger partial charge in [0.15, 0.2) is 0 Å². The Morgan fingerprint density at radius 1 is 1.16 bits per heavy atom. The Morgan fingerprint density at radius 2 is 1.94 bits per heavy atom. The maximum atomic E-state index is 13.2. The lowest BCUT2D eigenvalue weighted by Gasteiger charge is -2.38. The highest BCUT2D eigenvalue weighted by atomic mass is 16.3. The predicted octanol–water partition coefficient (Wildman–Crippen LogP) is 3.13. The molecule has 4 N–H and O–H groups in total. The number of amides is 1. The minimum atomic E-state index is -0.513. The maximum absolute atomic E-state index is 13.2. The molecular weight excluding hydrogens is 402 g/mol. The number of carbonyl (C=O) groups is 1. The van der Waals surface area contributed by atoms with Crippen molar-refractivity contribution in [2.75, 3.05) is 18.0 Å². The number of rotatable bonds is 5. The predicted molar refractivity (Wildman–Crippen MR) is 126 cm³/mol. The van der Waals surface area contributed by atoms with Gasteiger partial charge in [-0.1, -0.05) is 24.5 Å². The standard InChI is InChI=1S/C25H33N5O2/c1-15-6-9-20-17(12-15)13-19(25(32)29-23(26)16-7-8-16)24(28-20)30-11-10-21(22(31)14-30)27-18-4-2-3-5-18/h6,9,12-13,16,18,21-22,27,31H,2-5,7-8,10-11,14H2,1H3,(H2,26,29,32)/t21-,22+/m0/s1. The fraction of sp³-hybridized carbons (Fsp3) is 0.560. The quantitative estimate of drug-likeness (QED) is 0.427. The molecule has 3 fully saturated rings. The lowest BCUT2D eigenvalue weighted by atomic mass is 9.99. The summed E-state index contributed by atoms with van der Waals surface area (Å²) < 4.78 is 0. The average Bonchev–Trinajstić information content (AvgIpc) is 3.51. The summed E-state index contributed by atoms with van der Waals surface area (Å²) in [6, 6.07) is 8.51. The number of benzene rings is 1. The van der Waals surface area contributed by atoms with E-state index in [-0.39, 0.29) is 17.9 Å². The number of pyridine rings is 1. The van der Waals surface area contributed by atoms with E-state index in [0.717, 1.165) is 42.3 Å². The van der Waals surface area contributed by atoms with E-state index < -0.39 is 6.10 Å². The number of aliphatic hydroxyl groups is 1. The Balaban J connectivity index is 1.40. The van der Waals surface area contributed by atoms with Gasteiger partial charge in [-0.2, -0.15) is 0 Å². The van der Waals surface area contributed by atoms with E-state index in [1.807, 2.05) is 36.1 Å². The SMILES string of the molecule is Cc1ccc2nc(N3CC[C@H](NC4CCCC4)[C@H](O)C3)c(C(=O)NC(=N)C3CC3)cc2c1. The molecule has 3 aliphatic rings. The summed E-state index contributed by atoms with van der Waals surface area (Å²) in [6.45, 7) is 3.19. The second-order valence-corrected chi connectivity index (χ2v) is 9.75. The Kier molecular flexibility index (Phi) is 5.86. The van der Waals surface area contributed by atoms with Gasteiger partial charge in [-0.05, 0) is 57.2 Å². The third-order valence-corrected chi connectivity index (χ3v) is 7.11. The normalized spacial score (nSPS) is 24.1. The third kappa shape index (κ3) is 4.50. The number of β-amino-alcohol motifs (C(OH)–C–C–N with tert-alkyl or cyclic N) is 1. The van der Waals surface area contributed by atoms with Gasteiger partial charge < -0.3 is 20.6 Å². The molecule has 0 bridgehead atoms. The number of piperidine rings is 1. The van der Waals surface area contributed by atoms with E-state index in [1.54, 1.807) is 0 Å². The molecule has 2 saturated carbocycles. The van der Waals surface area contributed by atoms with E-state index in [9.17, 15) is 9.90 Å². The van der Waals surface area contributed by atoms with Gasteiger partial charge in [0.25, 0.3) is 5.91 Å². The number of nitrogens with zero attached hydrogens (tertiary/aromatic N) is 2. The van der Waals surface area contributed by atoms with Crippen LogP contribution >= 0.6 is 0 Å². The summed E-state index contributed by atoms with van der Waals surface area (Å²) in [5, 5.41) is 26.4. The van der Waals surface area contributed by atoms with Gasteiger partial charge in [-0.25, -0.2) is 4.98 Å². The summed E-state index contributed by atoms with van der Waals surface area (Å²) >= 11 is 0. The highest BCUT2D eigenvalue weighted by molar-refractivity contribution is 6.10. The van der Waals surface area contributed by atoms with Gasteiger partial charge in [0.2, 0.25) is 0 Å². The van der Waals surface area contributed by atoms with Gasteiger partial charge in [0.1, 0.15) is 11.7 Å². The molecule has 2 aliphatic carbocycles. The molecule has 7 nitrogen and oxygen atoms in total. The van der Waals surface area contributed by atoms with Gasteiger partial charge in [0.05, 0.1) is 17.2 Å². The zero-order valence-electron chi connectivity index (χ0n) is 18.7. The van der Waals surface area contributed by atoms with Crippen LogP contribution in [0.3, 0.4) is 0 Å². The number of hydrogen-bond donors (Lipinski definition) is 4. The molecule has 2 aromatic rings. The monoisotopic (exact) mass is 435 g/mol. The highest BCUT2D eigenvalue weighted by Crippen LogP contribution is 2.31. The van der Waals surface area contributed by atoms with Crippen LogP contribution in [0.15, 0.2) is 24.3 Å². The van der Waals surface area contributed by atoms with Crippen molar-refractivity contribution in [1.82, 2.24) is 15.6 Å². The van der Waals surface area contributed by atoms with Crippen LogP contribution in [0.2, 0.25) is 0 Å². The van der Waals surface area contributed by atoms with Crippen molar-refractivity contribution in [2.24, 2.45) is 5.92 Å². The van der Waals surface area contributed by atoms with E-state index in [2.05, 4.69) is 10.6 Å². The molecule has 7 heteroatoms. The molecule has 1 saturated heterocycles. The minimum Gasteiger partial charge on any atom is -0.390 e. The molecule has 5 rings (SSSR count). The van der Waals surface area contributed by atoms with Crippen LogP contribution in [-0.4, -0.2) is 53.1 Å². The summed E-state index contributed by atoms with van der Waals surface area (Å²) in [7, 11) is 0. The van der Waals surface area contributed by atoms with Crippen molar-refractivity contribution in [3.8, 4) is 0 Å². The second kappa shape index (κ2) is 8.79. The number of amidine groups is 1. The minimum absolute atomic E-state index is 0.0813. The maximum Gasteiger partial charge on any atom is 0.260 e. The number of nitrogens with one attached hydrogen (secondary N) is 3. The van der Waals surface area contributed by atoms with E-state index in [1.165, 1.54) is 25.7 Å². The van der Waals surface area contributed by atoms with Crippen molar-refractivity contribution >= 4 is 28.5 Å². The van der Waals surface area contributed by atoms with Crippen LogP contribution in [0.5, 0.6) is 0 Å². The molecule has 1 aliphatic heterocycles. The fourth-order valence-electron chi connectivity index (χ4n) is 5.07. The smallest absolute Gasteiger partial charge is 0.260 e. The molecule has 170 valence electrons. The average molecular weight is 436 g/mol. The van der Waals surface area contributed by atoms with Crippen LogP contribution in [0, 0.1) is 18.3 Å². The van der Waals surface area contributed by atoms with Crippen LogP contribution in [0.1, 0.15) is 60.9 Å². The van der Waals surface area contributed by atoms with E-state index in [0.29, 0.717) is 29.8 Å². The lowest BCUT2D eigenvalue weighted by Crippen LogP contribution is -2.55. The van der Waals surface area contributed by atoms with Crippen molar-refractivity contribution in [1.29, 1.82) is 5.41 Å². The van der Waals surface area contributed by atoms with Gasteiger partial charge >= 0.3 is 0 Å². The molecule has 32 heavy (non-hydrogen) atoms. The molecule has 0 radical (unpaired) electrons. The van der Waals surface area contributed by atoms with Crippen molar-refractivity contribution in [3.05, 3.63) is 35.4 Å². The molecule has 2 heterocycles. The lowest BCUT2D eigenvalue weighted by molar-refractivity contribution is 0.0971. The number of hydrogen-bond acceptors (Lipinski definition) is 6. The summed E-state index contributed by atoms with van der Waals surface area (Å²) in [6.07, 6.45) is 7.14. The van der Waals surface area contributed by atoms with Crippen LogP contribution in [-0.2, 0) is 0 Å². The first-order valence-electron chi connectivity index (χ1n) is 12.0. The van der Waals surface area contributed by atoms with Crippen LogP contribution < -0.4 is 15.5 Å². The molecule has 1 aromatic carbocycles. The number of anilines is 1. The summed E-state index contributed by atoms with van der Waals surface area (Å²) in [5.41, 5.74) is 2.42. The molecular formula is C25H33N5O2. The van der Waals surface area contributed by atoms with Gasteiger partial charge in [0, 0.05) is 36.5 Å². The molecule has 1 amide bonds. The van der Waals surface area contributed by atoms with Gasteiger partial charge in [-0.15, -0.1) is 0 Å². The first-order valence-corrected chi connectivity index (χ1v) is 12.0. The molecule has 0 spiro atoms. The Morgan fingerprint density at radius 3 is 2.66 bits per heavy atom. The topological polar surface area (TPSA) is 101 Å². The fourth-order valence-corrected chi connectivity index (χ4v) is 5.07.